The number of nitrogens with zero attached hydrogens (tertiary/aromatic N) is 2. The molecule has 0 aliphatic carbocycles. The van der Waals surface area contributed by atoms with Gasteiger partial charge in [-0.3, -0.25) is 19.4 Å². The Balaban J connectivity index is 1.88. The quantitative estimate of drug-likeness (QED) is 0.764. The first-order chi connectivity index (χ1) is 9.99. The lowest BCUT2D eigenvalue weighted by molar-refractivity contribution is -0.115. The molecule has 3 rings (SSSR count). The molecule has 112 valence electrons. The van der Waals surface area contributed by atoms with E-state index in [1.54, 1.807) is 11.0 Å². The highest BCUT2D eigenvalue weighted by Crippen LogP contribution is 2.34. The van der Waals surface area contributed by atoms with E-state index in [-0.39, 0.29) is 12.1 Å². The number of halogens is 1. The van der Waals surface area contributed by atoms with E-state index < -0.39 is 11.7 Å². The normalized spacial score (nSPS) is 26.3. The molecule has 1 amide bonds. The molecule has 5 nitrogen and oxygen atoms in total. The summed E-state index contributed by atoms with van der Waals surface area (Å²) >= 11 is 3.36. The monoisotopic (exact) mass is 352 g/mol. The molecule has 0 aromatic heterocycles. The summed E-state index contributed by atoms with van der Waals surface area (Å²) in [5.74, 6) is -0.894. The fourth-order valence-corrected chi connectivity index (χ4v) is 3.33. The summed E-state index contributed by atoms with van der Waals surface area (Å²) in [5.41, 5.74) is 1.15. The lowest BCUT2D eigenvalue weighted by atomic mass is 10.1. The van der Waals surface area contributed by atoms with E-state index in [0.717, 1.165) is 6.54 Å². The Morgan fingerprint density at radius 2 is 2.10 bits per heavy atom. The number of ketones is 1. The third kappa shape index (κ3) is 2.52. The van der Waals surface area contributed by atoms with Gasteiger partial charge in [-0.25, -0.2) is 0 Å². The molecule has 2 heterocycles. The predicted molar refractivity (Wildman–Crippen MR) is 82.4 cm³/mol. The van der Waals surface area contributed by atoms with Gasteiger partial charge in [0, 0.05) is 17.1 Å². The Morgan fingerprint density at radius 1 is 1.33 bits per heavy atom. The smallest absolute Gasteiger partial charge is 0.300 e. The molecule has 2 aliphatic rings. The summed E-state index contributed by atoms with van der Waals surface area (Å²) in [6.07, 6.45) is 0.136. The molecule has 21 heavy (non-hydrogen) atoms. The highest BCUT2D eigenvalue weighted by Gasteiger charge is 2.39. The lowest BCUT2D eigenvalue weighted by Gasteiger charge is -2.38. The minimum absolute atomic E-state index is 0.136. The molecule has 1 fully saturated rings. The minimum Gasteiger partial charge on any atom is -0.376 e. The average Bonchev–Trinajstić information content (AvgIpc) is 2.69. The van der Waals surface area contributed by atoms with Gasteiger partial charge in [0.25, 0.3) is 5.78 Å². The molecular formula is C15H17BrN2O3. The molecule has 0 N–H and O–H groups in total. The van der Waals surface area contributed by atoms with Crippen molar-refractivity contribution < 1.29 is 14.3 Å². The average molecular weight is 353 g/mol. The molecule has 1 saturated heterocycles. The number of ether oxygens (including phenoxy) is 1. The first-order valence-corrected chi connectivity index (χ1v) is 7.78. The van der Waals surface area contributed by atoms with Gasteiger partial charge in [-0.2, -0.15) is 0 Å². The number of hydrogen-bond acceptors (Lipinski definition) is 4. The van der Waals surface area contributed by atoms with Gasteiger partial charge < -0.3 is 4.74 Å². The Labute approximate surface area is 132 Å². The number of benzene rings is 1. The van der Waals surface area contributed by atoms with E-state index in [2.05, 4.69) is 27.8 Å². The van der Waals surface area contributed by atoms with Crippen molar-refractivity contribution in [3.05, 3.63) is 28.2 Å². The van der Waals surface area contributed by atoms with Crippen molar-refractivity contribution >= 4 is 33.3 Å². The third-order valence-corrected chi connectivity index (χ3v) is 4.67. The molecule has 0 spiro atoms. The third-order valence-electron chi connectivity index (χ3n) is 4.01. The van der Waals surface area contributed by atoms with Crippen LogP contribution in [0.1, 0.15) is 24.2 Å². The van der Waals surface area contributed by atoms with Crippen LogP contribution in [0, 0.1) is 0 Å². The Morgan fingerprint density at radius 3 is 2.86 bits per heavy atom. The van der Waals surface area contributed by atoms with Crippen LogP contribution in [-0.2, 0) is 9.53 Å². The van der Waals surface area contributed by atoms with Crippen LogP contribution in [0.4, 0.5) is 5.69 Å². The number of carbonyl (C=O) groups is 2. The summed E-state index contributed by atoms with van der Waals surface area (Å²) in [6.45, 7) is 5.89. The SMILES string of the molecule is CC1CN(CN2C(=O)C(=O)c3c(Br)cccc32)C(C)CO1. The first-order valence-electron chi connectivity index (χ1n) is 6.99. The van der Waals surface area contributed by atoms with E-state index in [1.807, 2.05) is 19.1 Å². The first kappa shape index (κ1) is 14.7. The van der Waals surface area contributed by atoms with E-state index >= 15 is 0 Å². The predicted octanol–water partition coefficient (Wildman–Crippen LogP) is 2.05. The van der Waals surface area contributed by atoms with Gasteiger partial charge in [0.05, 0.1) is 30.6 Å². The standard InChI is InChI=1S/C15H17BrN2O3/c1-9-7-21-10(2)6-17(9)8-18-12-5-3-4-11(16)13(12)14(19)15(18)20/h3-5,9-10H,6-8H2,1-2H3. The zero-order valence-corrected chi connectivity index (χ0v) is 13.6. The van der Waals surface area contributed by atoms with Crippen molar-refractivity contribution in [1.29, 1.82) is 0 Å². The Kier molecular flexibility index (Phi) is 3.86. The van der Waals surface area contributed by atoms with Crippen LogP contribution in [0.3, 0.4) is 0 Å². The molecule has 1 aromatic rings. The van der Waals surface area contributed by atoms with Crippen molar-refractivity contribution in [3.8, 4) is 0 Å². The van der Waals surface area contributed by atoms with Crippen LogP contribution < -0.4 is 4.90 Å². The summed E-state index contributed by atoms with van der Waals surface area (Å²) in [4.78, 5) is 28.2. The van der Waals surface area contributed by atoms with Crippen molar-refractivity contribution in [3.63, 3.8) is 0 Å². The van der Waals surface area contributed by atoms with Crippen LogP contribution in [-0.4, -0.2) is 48.6 Å². The van der Waals surface area contributed by atoms with Crippen LogP contribution in [0.5, 0.6) is 0 Å². The summed E-state index contributed by atoms with van der Waals surface area (Å²) in [7, 11) is 0. The second-order valence-corrected chi connectivity index (χ2v) is 6.46. The van der Waals surface area contributed by atoms with Gasteiger partial charge in [0.2, 0.25) is 0 Å². The van der Waals surface area contributed by atoms with E-state index in [0.29, 0.717) is 29.0 Å². The van der Waals surface area contributed by atoms with Crippen LogP contribution in [0.15, 0.2) is 22.7 Å². The molecule has 1 aromatic carbocycles. The van der Waals surface area contributed by atoms with Crippen molar-refractivity contribution in [2.75, 3.05) is 24.7 Å². The number of fused-ring (bicyclic) bond motifs is 1. The highest BCUT2D eigenvalue weighted by molar-refractivity contribution is 9.10. The summed E-state index contributed by atoms with van der Waals surface area (Å²) < 4.78 is 6.27. The Bertz CT molecular complexity index is 605. The van der Waals surface area contributed by atoms with Crippen molar-refractivity contribution in [2.45, 2.75) is 26.0 Å². The number of rotatable bonds is 2. The summed E-state index contributed by atoms with van der Waals surface area (Å²) in [5, 5.41) is 0. The minimum atomic E-state index is -0.455. The molecule has 2 unspecified atom stereocenters. The van der Waals surface area contributed by atoms with Gasteiger partial charge in [0.1, 0.15) is 0 Å². The number of morpholine rings is 1. The Hall–Kier alpha value is -1.24. The number of hydrogen-bond donors (Lipinski definition) is 0. The fraction of sp³-hybridized carbons (Fsp3) is 0.467. The molecule has 2 aliphatic heterocycles. The van der Waals surface area contributed by atoms with E-state index in [4.69, 9.17) is 4.74 Å². The number of anilines is 1. The van der Waals surface area contributed by atoms with Gasteiger partial charge in [-0.05, 0) is 41.9 Å². The number of amides is 1. The van der Waals surface area contributed by atoms with Gasteiger partial charge in [-0.15, -0.1) is 0 Å². The van der Waals surface area contributed by atoms with Crippen LogP contribution >= 0.6 is 15.9 Å². The molecule has 6 heteroatoms. The van der Waals surface area contributed by atoms with Crippen LogP contribution in [0.2, 0.25) is 0 Å². The van der Waals surface area contributed by atoms with E-state index in [1.165, 1.54) is 0 Å². The van der Waals surface area contributed by atoms with Crippen LogP contribution in [0.25, 0.3) is 0 Å². The highest BCUT2D eigenvalue weighted by atomic mass is 79.9. The van der Waals surface area contributed by atoms with Crippen molar-refractivity contribution in [1.82, 2.24) is 4.90 Å². The molecule has 0 saturated carbocycles. The zero-order valence-electron chi connectivity index (χ0n) is 12.0. The summed E-state index contributed by atoms with van der Waals surface area (Å²) in [6, 6.07) is 5.66. The maximum atomic E-state index is 12.3. The fourth-order valence-electron chi connectivity index (χ4n) is 2.79. The topological polar surface area (TPSA) is 49.9 Å². The van der Waals surface area contributed by atoms with Gasteiger partial charge >= 0.3 is 5.91 Å². The largest absolute Gasteiger partial charge is 0.376 e. The number of carbonyl (C=O) groups excluding carboxylic acids is 2. The van der Waals surface area contributed by atoms with Gasteiger partial charge in [0.15, 0.2) is 0 Å². The van der Waals surface area contributed by atoms with Crippen molar-refractivity contribution in [2.24, 2.45) is 0 Å². The maximum absolute atomic E-state index is 12.3. The maximum Gasteiger partial charge on any atom is 0.300 e. The molecule has 0 radical (unpaired) electrons. The number of Topliss-reactive ketones (excluding diaryl/α,β-unsaturated/α-hetero) is 1. The zero-order chi connectivity index (χ0) is 15.1. The molecule has 0 bridgehead atoms. The molecule has 2 atom stereocenters. The van der Waals surface area contributed by atoms with E-state index in [9.17, 15) is 9.59 Å². The second kappa shape index (κ2) is 5.51. The second-order valence-electron chi connectivity index (χ2n) is 5.60. The van der Waals surface area contributed by atoms with Gasteiger partial charge in [-0.1, -0.05) is 6.07 Å². The molecular weight excluding hydrogens is 336 g/mol. The lowest BCUT2D eigenvalue weighted by Crippen LogP contribution is -2.52.